The number of nitrogens with one attached hydrogen (secondary N) is 2. The van der Waals surface area contributed by atoms with Crippen molar-refractivity contribution in [1.82, 2.24) is 5.32 Å². The number of rotatable bonds is 8. The number of carbonyl (C=O) groups is 1. The van der Waals surface area contributed by atoms with Crippen molar-refractivity contribution < 1.29 is 9.90 Å². The fraction of sp³-hybridized carbons (Fsp3) is 0.278. The van der Waals surface area contributed by atoms with Crippen LogP contribution in [0.1, 0.15) is 24.4 Å². The fourth-order valence-electron chi connectivity index (χ4n) is 2.35. The molecule has 0 aliphatic carbocycles. The summed E-state index contributed by atoms with van der Waals surface area (Å²) in [6.07, 6.45) is 1.45. The lowest BCUT2D eigenvalue weighted by atomic mass is 10.0. The van der Waals surface area contributed by atoms with Crippen molar-refractivity contribution in [3.8, 4) is 0 Å². The molecule has 23 heavy (non-hydrogen) atoms. The first-order valence-corrected chi connectivity index (χ1v) is 8.01. The molecule has 0 aliphatic rings. The molecule has 0 radical (unpaired) electrons. The van der Waals surface area contributed by atoms with Gasteiger partial charge in [-0.3, -0.25) is 4.79 Å². The predicted molar refractivity (Wildman–Crippen MR) is 93.6 cm³/mol. The maximum Gasteiger partial charge on any atom is 0.238 e. The molecule has 122 valence electrons. The van der Waals surface area contributed by atoms with Gasteiger partial charge in [-0.1, -0.05) is 48.0 Å². The first kappa shape index (κ1) is 17.5. The Morgan fingerprint density at radius 3 is 2.61 bits per heavy atom. The van der Waals surface area contributed by atoms with Gasteiger partial charge in [-0.25, -0.2) is 0 Å². The van der Waals surface area contributed by atoms with E-state index in [0.717, 1.165) is 12.0 Å². The zero-order chi connectivity index (χ0) is 16.5. The monoisotopic (exact) mass is 332 g/mol. The molecule has 2 rings (SSSR count). The Balaban J connectivity index is 1.91. The molecule has 0 heterocycles. The number of halogens is 1. The van der Waals surface area contributed by atoms with E-state index >= 15 is 0 Å². The predicted octanol–water partition coefficient (Wildman–Crippen LogP) is 3.38. The van der Waals surface area contributed by atoms with E-state index in [-0.39, 0.29) is 25.1 Å². The van der Waals surface area contributed by atoms with Gasteiger partial charge in [-0.05, 0) is 36.6 Å². The van der Waals surface area contributed by atoms with Crippen LogP contribution in [-0.4, -0.2) is 24.2 Å². The van der Waals surface area contributed by atoms with Gasteiger partial charge in [0.15, 0.2) is 0 Å². The van der Waals surface area contributed by atoms with Crippen molar-refractivity contribution in [3.63, 3.8) is 0 Å². The largest absolute Gasteiger partial charge is 0.396 e. The number of aliphatic hydroxyl groups is 1. The van der Waals surface area contributed by atoms with Gasteiger partial charge in [0.1, 0.15) is 0 Å². The highest BCUT2D eigenvalue weighted by atomic mass is 35.5. The van der Waals surface area contributed by atoms with E-state index in [1.165, 1.54) is 0 Å². The summed E-state index contributed by atoms with van der Waals surface area (Å²) in [6.45, 7) is 0.331. The topological polar surface area (TPSA) is 61.4 Å². The molecule has 0 aromatic heterocycles. The number of anilines is 1. The van der Waals surface area contributed by atoms with Gasteiger partial charge in [-0.2, -0.15) is 0 Å². The second-order valence-corrected chi connectivity index (χ2v) is 5.70. The van der Waals surface area contributed by atoms with E-state index in [9.17, 15) is 4.79 Å². The summed E-state index contributed by atoms with van der Waals surface area (Å²) < 4.78 is 0. The number of carbonyl (C=O) groups excluding carboxylic acids is 1. The highest BCUT2D eigenvalue weighted by Gasteiger charge is 2.12. The van der Waals surface area contributed by atoms with Crippen LogP contribution in [-0.2, 0) is 4.79 Å². The Kier molecular flexibility index (Phi) is 7.07. The molecule has 0 spiro atoms. The minimum Gasteiger partial charge on any atom is -0.396 e. The molecule has 2 aromatic rings. The SMILES string of the molecule is O=C(CNC(CCCO)c1ccccc1)Nc1cccc(Cl)c1. The van der Waals surface area contributed by atoms with Crippen LogP contribution < -0.4 is 10.6 Å². The minimum absolute atomic E-state index is 0.0356. The Hall–Kier alpha value is -1.88. The van der Waals surface area contributed by atoms with Crippen molar-refractivity contribution in [2.45, 2.75) is 18.9 Å². The lowest BCUT2D eigenvalue weighted by Gasteiger charge is -2.18. The summed E-state index contributed by atoms with van der Waals surface area (Å²) in [5, 5.41) is 15.7. The summed E-state index contributed by atoms with van der Waals surface area (Å²) in [7, 11) is 0. The smallest absolute Gasteiger partial charge is 0.238 e. The standard InChI is InChI=1S/C18H21ClN2O2/c19-15-8-4-9-16(12-15)21-18(23)13-20-17(10-5-11-22)14-6-2-1-3-7-14/h1-4,6-9,12,17,20,22H,5,10-11,13H2,(H,21,23). The normalized spacial score (nSPS) is 11.9. The molecule has 1 atom stereocenters. The number of hydrogen-bond donors (Lipinski definition) is 3. The third kappa shape index (κ3) is 6.02. The molecule has 0 bridgehead atoms. The van der Waals surface area contributed by atoms with Crippen LogP contribution in [0.2, 0.25) is 5.02 Å². The van der Waals surface area contributed by atoms with E-state index in [1.807, 2.05) is 30.3 Å². The Morgan fingerprint density at radius 1 is 1.13 bits per heavy atom. The average Bonchev–Trinajstić information content (AvgIpc) is 2.56. The van der Waals surface area contributed by atoms with Crippen LogP contribution in [0.25, 0.3) is 0 Å². The molecule has 0 aliphatic heterocycles. The lowest BCUT2D eigenvalue weighted by Crippen LogP contribution is -2.31. The zero-order valence-electron chi connectivity index (χ0n) is 12.8. The number of hydrogen-bond acceptors (Lipinski definition) is 3. The van der Waals surface area contributed by atoms with Gasteiger partial charge >= 0.3 is 0 Å². The summed E-state index contributed by atoms with van der Waals surface area (Å²) in [5.41, 5.74) is 1.78. The third-order valence-electron chi connectivity index (χ3n) is 3.47. The quantitative estimate of drug-likeness (QED) is 0.694. The van der Waals surface area contributed by atoms with Gasteiger partial charge in [0.05, 0.1) is 6.54 Å². The average molecular weight is 333 g/mol. The van der Waals surface area contributed by atoms with Gasteiger partial charge < -0.3 is 15.7 Å². The Morgan fingerprint density at radius 2 is 1.91 bits per heavy atom. The number of amides is 1. The van der Waals surface area contributed by atoms with Gasteiger partial charge in [0.2, 0.25) is 5.91 Å². The van der Waals surface area contributed by atoms with Crippen molar-refractivity contribution in [2.75, 3.05) is 18.5 Å². The van der Waals surface area contributed by atoms with Gasteiger partial charge in [0.25, 0.3) is 0 Å². The molecule has 4 nitrogen and oxygen atoms in total. The summed E-state index contributed by atoms with van der Waals surface area (Å²) in [4.78, 5) is 12.1. The molecule has 0 fully saturated rings. The molecule has 3 N–H and O–H groups in total. The second-order valence-electron chi connectivity index (χ2n) is 5.27. The maximum absolute atomic E-state index is 12.1. The third-order valence-corrected chi connectivity index (χ3v) is 3.71. The molecule has 2 aromatic carbocycles. The fourth-order valence-corrected chi connectivity index (χ4v) is 2.54. The summed E-state index contributed by atoms with van der Waals surface area (Å²) >= 11 is 5.90. The van der Waals surface area contributed by atoms with Gasteiger partial charge in [0, 0.05) is 23.4 Å². The van der Waals surface area contributed by atoms with Crippen LogP contribution in [0.5, 0.6) is 0 Å². The Labute approximate surface area is 141 Å². The molecule has 0 saturated carbocycles. The van der Waals surface area contributed by atoms with E-state index < -0.39 is 0 Å². The van der Waals surface area contributed by atoms with Crippen molar-refractivity contribution in [3.05, 3.63) is 65.2 Å². The van der Waals surface area contributed by atoms with Crippen LogP contribution in [0.15, 0.2) is 54.6 Å². The minimum atomic E-state index is -0.128. The van der Waals surface area contributed by atoms with Crippen LogP contribution in [0.4, 0.5) is 5.69 Å². The highest BCUT2D eigenvalue weighted by molar-refractivity contribution is 6.30. The molecular weight excluding hydrogens is 312 g/mol. The van der Waals surface area contributed by atoms with Crippen LogP contribution in [0, 0.1) is 0 Å². The van der Waals surface area contributed by atoms with E-state index in [1.54, 1.807) is 24.3 Å². The highest BCUT2D eigenvalue weighted by Crippen LogP contribution is 2.18. The molecule has 1 amide bonds. The van der Waals surface area contributed by atoms with Crippen molar-refractivity contribution >= 4 is 23.2 Å². The van der Waals surface area contributed by atoms with Crippen molar-refractivity contribution in [2.24, 2.45) is 0 Å². The maximum atomic E-state index is 12.1. The van der Waals surface area contributed by atoms with Gasteiger partial charge in [-0.15, -0.1) is 0 Å². The first-order valence-electron chi connectivity index (χ1n) is 7.63. The Bertz CT molecular complexity index is 619. The van der Waals surface area contributed by atoms with Crippen molar-refractivity contribution in [1.29, 1.82) is 0 Å². The molecule has 0 saturated heterocycles. The summed E-state index contributed by atoms with van der Waals surface area (Å²) in [5.74, 6) is -0.128. The lowest BCUT2D eigenvalue weighted by molar-refractivity contribution is -0.115. The van der Waals surface area contributed by atoms with Crippen LogP contribution in [0.3, 0.4) is 0 Å². The molecule has 1 unspecified atom stereocenters. The molecule has 5 heteroatoms. The van der Waals surface area contributed by atoms with E-state index in [0.29, 0.717) is 17.1 Å². The molecular formula is C18H21ClN2O2. The van der Waals surface area contributed by atoms with E-state index in [4.69, 9.17) is 16.7 Å². The zero-order valence-corrected chi connectivity index (χ0v) is 13.6. The first-order chi connectivity index (χ1) is 11.2. The van der Waals surface area contributed by atoms with E-state index in [2.05, 4.69) is 10.6 Å². The number of aliphatic hydroxyl groups excluding tert-OH is 1. The second kappa shape index (κ2) is 9.30. The van der Waals surface area contributed by atoms with Crippen LogP contribution >= 0.6 is 11.6 Å². The number of benzene rings is 2. The summed E-state index contributed by atoms with van der Waals surface area (Å²) in [6, 6.07) is 17.0.